The molecule has 0 spiro atoms. The lowest BCUT2D eigenvalue weighted by atomic mass is 10.1. The Morgan fingerprint density at radius 2 is 2.00 bits per heavy atom. The van der Waals surface area contributed by atoms with Gasteiger partial charge in [-0.05, 0) is 18.6 Å². The van der Waals surface area contributed by atoms with Crippen molar-refractivity contribution < 1.29 is 22.4 Å². The Bertz CT molecular complexity index is 678. The lowest BCUT2D eigenvalue weighted by molar-refractivity contribution is -0.129. The molecule has 1 aliphatic heterocycles. The standard InChI is InChI=1S/C13H15FN2O4S2/c14-10-3-1-2-4-11(10)21-7-12(17)15-16-13(18)9-5-6-22(19,20)8-9/h1-4,9H,5-8H2,(H,15,17)(H,16,18)/t9-/m1/s1. The minimum atomic E-state index is -3.15. The fraction of sp³-hybridized carbons (Fsp3) is 0.385. The molecule has 0 radical (unpaired) electrons. The van der Waals surface area contributed by atoms with Gasteiger partial charge in [-0.1, -0.05) is 12.1 Å². The Hall–Kier alpha value is -1.61. The number of hydrazine groups is 1. The van der Waals surface area contributed by atoms with Gasteiger partial charge in [0.25, 0.3) is 0 Å². The molecule has 0 aromatic heterocycles. The van der Waals surface area contributed by atoms with Crippen LogP contribution >= 0.6 is 11.8 Å². The molecule has 6 nitrogen and oxygen atoms in total. The topological polar surface area (TPSA) is 92.3 Å². The largest absolute Gasteiger partial charge is 0.273 e. The van der Waals surface area contributed by atoms with Crippen LogP contribution in [0.1, 0.15) is 6.42 Å². The number of halogens is 1. The second kappa shape index (κ2) is 7.10. The van der Waals surface area contributed by atoms with E-state index in [1.807, 2.05) is 0 Å². The van der Waals surface area contributed by atoms with Crippen LogP contribution < -0.4 is 10.9 Å². The van der Waals surface area contributed by atoms with Crippen LogP contribution in [0, 0.1) is 11.7 Å². The molecule has 9 heteroatoms. The Kier molecular flexibility index (Phi) is 5.41. The molecule has 1 saturated heterocycles. The zero-order valence-electron chi connectivity index (χ0n) is 11.5. The van der Waals surface area contributed by atoms with E-state index >= 15 is 0 Å². The molecule has 1 aromatic carbocycles. The lowest BCUT2D eigenvalue weighted by Crippen LogP contribution is -2.45. The smallest absolute Gasteiger partial charge is 0.248 e. The first-order chi connectivity index (χ1) is 10.4. The molecule has 2 N–H and O–H groups in total. The number of sulfone groups is 1. The van der Waals surface area contributed by atoms with Gasteiger partial charge >= 0.3 is 0 Å². The maximum atomic E-state index is 13.4. The number of thioether (sulfide) groups is 1. The molecule has 0 bridgehead atoms. The van der Waals surface area contributed by atoms with Crippen LogP contribution in [-0.4, -0.2) is 37.5 Å². The number of hydrogen-bond donors (Lipinski definition) is 2. The van der Waals surface area contributed by atoms with Crippen LogP contribution in [0.3, 0.4) is 0 Å². The van der Waals surface area contributed by atoms with Crippen LogP contribution in [0.15, 0.2) is 29.2 Å². The van der Waals surface area contributed by atoms with Gasteiger partial charge in [-0.25, -0.2) is 12.8 Å². The van der Waals surface area contributed by atoms with E-state index in [1.165, 1.54) is 6.07 Å². The average Bonchev–Trinajstić information content (AvgIpc) is 2.84. The van der Waals surface area contributed by atoms with E-state index < -0.39 is 33.4 Å². The Morgan fingerprint density at radius 3 is 2.64 bits per heavy atom. The van der Waals surface area contributed by atoms with Crippen LogP contribution in [0.5, 0.6) is 0 Å². The van der Waals surface area contributed by atoms with E-state index in [9.17, 15) is 22.4 Å². The minimum absolute atomic E-state index is 0.0117. The first-order valence-corrected chi connectivity index (χ1v) is 9.34. The molecule has 0 unspecified atom stereocenters. The van der Waals surface area contributed by atoms with Gasteiger partial charge in [0.1, 0.15) is 5.82 Å². The molecule has 0 aliphatic carbocycles. The first kappa shape index (κ1) is 16.8. The van der Waals surface area contributed by atoms with Crippen molar-refractivity contribution in [2.45, 2.75) is 11.3 Å². The summed E-state index contributed by atoms with van der Waals surface area (Å²) in [6.45, 7) is 0. The third kappa shape index (κ3) is 4.70. The second-order valence-electron chi connectivity index (χ2n) is 4.86. The SMILES string of the molecule is O=C(CSc1ccccc1F)NNC(=O)[C@@H]1CCS(=O)(=O)C1. The van der Waals surface area contributed by atoms with Gasteiger partial charge in [0.15, 0.2) is 9.84 Å². The number of amides is 2. The molecule has 1 heterocycles. The molecular weight excluding hydrogens is 331 g/mol. The predicted octanol–water partition coefficient (Wildman–Crippen LogP) is 0.500. The monoisotopic (exact) mass is 346 g/mol. The normalized spacial score (nSPS) is 19.6. The third-order valence-electron chi connectivity index (χ3n) is 3.12. The Balaban J connectivity index is 1.74. The van der Waals surface area contributed by atoms with Gasteiger partial charge in [0.2, 0.25) is 11.8 Å². The van der Waals surface area contributed by atoms with E-state index in [0.29, 0.717) is 4.90 Å². The molecule has 120 valence electrons. The average molecular weight is 346 g/mol. The number of benzene rings is 1. The van der Waals surface area contributed by atoms with Crippen molar-refractivity contribution in [1.82, 2.24) is 10.9 Å². The summed E-state index contributed by atoms with van der Waals surface area (Å²) in [5, 5.41) is 0. The van der Waals surface area contributed by atoms with Gasteiger partial charge < -0.3 is 0 Å². The van der Waals surface area contributed by atoms with Crippen LogP contribution in [0.25, 0.3) is 0 Å². The fourth-order valence-electron chi connectivity index (χ4n) is 1.98. The van der Waals surface area contributed by atoms with E-state index in [0.717, 1.165) is 11.8 Å². The van der Waals surface area contributed by atoms with Crippen LogP contribution in [0.2, 0.25) is 0 Å². The number of carbonyl (C=O) groups is 2. The second-order valence-corrected chi connectivity index (χ2v) is 8.10. The van der Waals surface area contributed by atoms with Crippen LogP contribution in [-0.2, 0) is 19.4 Å². The summed E-state index contributed by atoms with van der Waals surface area (Å²) < 4.78 is 35.9. The van der Waals surface area contributed by atoms with Gasteiger partial charge in [0.05, 0.1) is 23.2 Å². The van der Waals surface area contributed by atoms with E-state index in [2.05, 4.69) is 10.9 Å². The summed E-state index contributed by atoms with van der Waals surface area (Å²) in [6.07, 6.45) is 0.258. The number of rotatable bonds is 4. The molecule has 1 aliphatic rings. The van der Waals surface area contributed by atoms with Gasteiger partial charge in [-0.3, -0.25) is 20.4 Å². The van der Waals surface area contributed by atoms with Gasteiger partial charge in [0, 0.05) is 4.90 Å². The first-order valence-electron chi connectivity index (χ1n) is 6.54. The molecular formula is C13H15FN2O4S2. The van der Waals surface area contributed by atoms with E-state index in [1.54, 1.807) is 18.2 Å². The lowest BCUT2D eigenvalue weighted by Gasteiger charge is -2.10. The quantitative estimate of drug-likeness (QED) is 0.612. The Labute approximate surface area is 131 Å². The highest BCUT2D eigenvalue weighted by atomic mass is 32.2. The zero-order chi connectivity index (χ0) is 16.2. The molecule has 2 rings (SSSR count). The van der Waals surface area contributed by atoms with Crippen molar-refractivity contribution >= 4 is 33.4 Å². The molecule has 22 heavy (non-hydrogen) atoms. The summed E-state index contributed by atoms with van der Waals surface area (Å²) >= 11 is 1.00. The fourth-order valence-corrected chi connectivity index (χ4v) is 4.46. The molecule has 2 amide bonds. The highest BCUT2D eigenvalue weighted by Gasteiger charge is 2.33. The van der Waals surface area contributed by atoms with E-state index in [-0.39, 0.29) is 23.7 Å². The minimum Gasteiger partial charge on any atom is -0.273 e. The summed E-state index contributed by atoms with van der Waals surface area (Å²) in [5.41, 5.74) is 4.40. The van der Waals surface area contributed by atoms with Gasteiger partial charge in [-0.2, -0.15) is 0 Å². The molecule has 1 aromatic rings. The zero-order valence-corrected chi connectivity index (χ0v) is 13.2. The summed E-state index contributed by atoms with van der Waals surface area (Å²) in [7, 11) is -3.15. The number of hydrogen-bond acceptors (Lipinski definition) is 5. The third-order valence-corrected chi connectivity index (χ3v) is 5.94. The van der Waals surface area contributed by atoms with Crippen molar-refractivity contribution in [3.63, 3.8) is 0 Å². The number of carbonyl (C=O) groups excluding carboxylic acids is 2. The van der Waals surface area contributed by atoms with Crippen molar-refractivity contribution in [1.29, 1.82) is 0 Å². The summed E-state index contributed by atoms with van der Waals surface area (Å²) in [5.74, 6) is -2.34. The van der Waals surface area contributed by atoms with Crippen molar-refractivity contribution in [3.8, 4) is 0 Å². The number of nitrogens with one attached hydrogen (secondary N) is 2. The Morgan fingerprint density at radius 1 is 1.27 bits per heavy atom. The van der Waals surface area contributed by atoms with E-state index in [4.69, 9.17) is 0 Å². The van der Waals surface area contributed by atoms with Crippen LogP contribution in [0.4, 0.5) is 4.39 Å². The molecule has 1 fully saturated rings. The van der Waals surface area contributed by atoms with Crippen molar-refractivity contribution in [3.05, 3.63) is 30.1 Å². The van der Waals surface area contributed by atoms with Gasteiger partial charge in [-0.15, -0.1) is 11.8 Å². The maximum absolute atomic E-state index is 13.4. The molecule has 1 atom stereocenters. The van der Waals surface area contributed by atoms with Crippen molar-refractivity contribution in [2.75, 3.05) is 17.3 Å². The van der Waals surface area contributed by atoms with Crippen molar-refractivity contribution in [2.24, 2.45) is 5.92 Å². The summed E-state index contributed by atoms with van der Waals surface area (Å²) in [6, 6.07) is 6.05. The highest BCUT2D eigenvalue weighted by molar-refractivity contribution is 8.00. The summed E-state index contributed by atoms with van der Waals surface area (Å²) in [4.78, 5) is 23.6. The highest BCUT2D eigenvalue weighted by Crippen LogP contribution is 2.20. The predicted molar refractivity (Wildman–Crippen MR) is 80.2 cm³/mol. The maximum Gasteiger partial charge on any atom is 0.248 e. The molecule has 0 saturated carbocycles.